The quantitative estimate of drug-likeness (QED) is 0.614. The summed E-state index contributed by atoms with van der Waals surface area (Å²) in [6.45, 7) is 0.366. The molecule has 0 aliphatic rings. The summed E-state index contributed by atoms with van der Waals surface area (Å²) < 4.78 is 6.97. The highest BCUT2D eigenvalue weighted by Gasteiger charge is 2.17. The molecular formula is C14H10ClN7O. The predicted molar refractivity (Wildman–Crippen MR) is 83.6 cm³/mol. The highest BCUT2D eigenvalue weighted by atomic mass is 35.5. The maximum absolute atomic E-state index is 5.98. The molecule has 4 rings (SSSR count). The van der Waals surface area contributed by atoms with Gasteiger partial charge in [0.25, 0.3) is 0 Å². The van der Waals surface area contributed by atoms with E-state index in [9.17, 15) is 0 Å². The number of furan rings is 1. The van der Waals surface area contributed by atoms with Gasteiger partial charge in [0.05, 0.1) is 18.5 Å². The van der Waals surface area contributed by atoms with Gasteiger partial charge in [-0.25, -0.2) is 9.67 Å². The topological polar surface area (TPSA) is 109 Å². The van der Waals surface area contributed by atoms with Gasteiger partial charge in [0.1, 0.15) is 5.69 Å². The van der Waals surface area contributed by atoms with Gasteiger partial charge < -0.3 is 10.2 Å². The molecule has 0 saturated heterocycles. The first-order chi connectivity index (χ1) is 11.2. The van der Waals surface area contributed by atoms with Crippen molar-refractivity contribution in [2.45, 2.75) is 6.54 Å². The normalized spacial score (nSPS) is 11.2. The number of halogens is 1. The maximum Gasteiger partial charge on any atom is 0.222 e. The Labute approximate surface area is 134 Å². The fourth-order valence-electron chi connectivity index (χ4n) is 2.25. The van der Waals surface area contributed by atoms with E-state index in [4.69, 9.17) is 21.8 Å². The Balaban J connectivity index is 1.83. The summed E-state index contributed by atoms with van der Waals surface area (Å²) in [5, 5.41) is 8.86. The van der Waals surface area contributed by atoms with E-state index in [1.54, 1.807) is 41.4 Å². The first kappa shape index (κ1) is 13.6. The molecule has 0 amide bonds. The fourth-order valence-corrected chi connectivity index (χ4v) is 2.44. The third kappa shape index (κ3) is 2.49. The minimum atomic E-state index is 0.117. The van der Waals surface area contributed by atoms with E-state index in [-0.39, 0.29) is 5.95 Å². The molecule has 4 heterocycles. The summed E-state index contributed by atoms with van der Waals surface area (Å²) in [6, 6.07) is 7.01. The second-order valence-electron chi connectivity index (χ2n) is 4.79. The largest absolute Gasteiger partial charge is 0.463 e. The van der Waals surface area contributed by atoms with Gasteiger partial charge in [-0.2, -0.15) is 4.98 Å². The second-order valence-corrected chi connectivity index (χ2v) is 5.23. The summed E-state index contributed by atoms with van der Waals surface area (Å²) >= 11 is 5.98. The van der Waals surface area contributed by atoms with Gasteiger partial charge >= 0.3 is 0 Å². The molecule has 0 atom stereocenters. The Morgan fingerprint density at radius 1 is 1.26 bits per heavy atom. The summed E-state index contributed by atoms with van der Waals surface area (Å²) in [5.74, 6) is 0.670. The molecule has 0 unspecified atom stereocenters. The summed E-state index contributed by atoms with van der Waals surface area (Å²) in [7, 11) is 0. The molecule has 0 radical (unpaired) electrons. The van der Waals surface area contributed by atoms with Crippen LogP contribution in [0, 0.1) is 0 Å². The molecule has 0 fully saturated rings. The first-order valence-corrected chi connectivity index (χ1v) is 7.09. The maximum atomic E-state index is 5.98. The number of pyridine rings is 1. The van der Waals surface area contributed by atoms with E-state index >= 15 is 0 Å². The Morgan fingerprint density at radius 3 is 2.96 bits per heavy atom. The average Bonchev–Trinajstić information content (AvgIpc) is 3.17. The van der Waals surface area contributed by atoms with Crippen LogP contribution in [0.5, 0.6) is 0 Å². The van der Waals surface area contributed by atoms with Crippen LogP contribution in [-0.2, 0) is 6.54 Å². The Morgan fingerprint density at radius 2 is 2.17 bits per heavy atom. The van der Waals surface area contributed by atoms with Crippen molar-refractivity contribution in [3.8, 4) is 11.5 Å². The van der Waals surface area contributed by atoms with Crippen LogP contribution in [0.25, 0.3) is 22.6 Å². The summed E-state index contributed by atoms with van der Waals surface area (Å²) in [5.41, 5.74) is 8.06. The molecule has 23 heavy (non-hydrogen) atoms. The number of anilines is 1. The standard InChI is InChI=1S/C14H10ClN7O/c15-8-3-4-17-9(6-8)7-22-13-12(20-21-22)11(18-14(16)19-13)10-2-1-5-23-10/h1-6H,7H2,(H2,16,18,19). The highest BCUT2D eigenvalue weighted by molar-refractivity contribution is 6.30. The second kappa shape index (κ2) is 5.33. The molecule has 4 aromatic heterocycles. The zero-order valence-corrected chi connectivity index (χ0v) is 12.5. The number of nitrogens with zero attached hydrogens (tertiary/aromatic N) is 6. The minimum absolute atomic E-state index is 0.117. The number of hydrogen-bond donors (Lipinski definition) is 1. The fraction of sp³-hybridized carbons (Fsp3) is 0.0714. The van der Waals surface area contributed by atoms with Crippen molar-refractivity contribution in [3.05, 3.63) is 47.4 Å². The zero-order chi connectivity index (χ0) is 15.8. The molecule has 0 aromatic carbocycles. The zero-order valence-electron chi connectivity index (χ0n) is 11.7. The van der Waals surface area contributed by atoms with Gasteiger partial charge in [-0.3, -0.25) is 4.98 Å². The van der Waals surface area contributed by atoms with Crippen LogP contribution in [0.15, 0.2) is 41.1 Å². The summed E-state index contributed by atoms with van der Waals surface area (Å²) in [4.78, 5) is 12.7. The van der Waals surface area contributed by atoms with Crippen molar-refractivity contribution >= 4 is 28.7 Å². The lowest BCUT2D eigenvalue weighted by molar-refractivity contribution is 0.580. The van der Waals surface area contributed by atoms with Crippen molar-refractivity contribution in [1.82, 2.24) is 29.9 Å². The van der Waals surface area contributed by atoms with E-state index in [0.29, 0.717) is 34.2 Å². The SMILES string of the molecule is Nc1nc(-c2ccco2)c2nnn(Cc3cc(Cl)ccn3)c2n1. The smallest absolute Gasteiger partial charge is 0.222 e. The molecule has 0 saturated carbocycles. The highest BCUT2D eigenvalue weighted by Crippen LogP contribution is 2.25. The van der Waals surface area contributed by atoms with Gasteiger partial charge in [-0.15, -0.1) is 5.10 Å². The van der Waals surface area contributed by atoms with E-state index < -0.39 is 0 Å². The molecule has 8 nitrogen and oxygen atoms in total. The molecule has 0 spiro atoms. The van der Waals surface area contributed by atoms with Crippen LogP contribution in [0.1, 0.15) is 5.69 Å². The lowest BCUT2D eigenvalue weighted by atomic mass is 10.3. The monoisotopic (exact) mass is 327 g/mol. The van der Waals surface area contributed by atoms with E-state index in [2.05, 4.69) is 25.3 Å². The van der Waals surface area contributed by atoms with Gasteiger partial charge in [-0.1, -0.05) is 16.8 Å². The van der Waals surface area contributed by atoms with Gasteiger partial charge in [-0.05, 0) is 24.3 Å². The lowest BCUT2D eigenvalue weighted by Gasteiger charge is -2.03. The molecule has 0 aliphatic heterocycles. The van der Waals surface area contributed by atoms with Crippen LogP contribution >= 0.6 is 11.6 Å². The van der Waals surface area contributed by atoms with E-state index in [1.165, 1.54) is 0 Å². The van der Waals surface area contributed by atoms with Crippen molar-refractivity contribution < 1.29 is 4.42 Å². The molecule has 2 N–H and O–H groups in total. The van der Waals surface area contributed by atoms with Crippen molar-refractivity contribution in [2.75, 3.05) is 5.73 Å². The Bertz CT molecular complexity index is 980. The van der Waals surface area contributed by atoms with E-state index in [0.717, 1.165) is 5.69 Å². The third-order valence-corrected chi connectivity index (χ3v) is 3.46. The van der Waals surface area contributed by atoms with Crippen molar-refractivity contribution in [1.29, 1.82) is 0 Å². The molecule has 0 aliphatic carbocycles. The number of nitrogens with two attached hydrogens (primary N) is 1. The van der Waals surface area contributed by atoms with Gasteiger partial charge in [0, 0.05) is 11.2 Å². The number of nitrogen functional groups attached to an aromatic ring is 1. The Kier molecular flexibility index (Phi) is 3.16. The van der Waals surface area contributed by atoms with Crippen LogP contribution in [0.2, 0.25) is 5.02 Å². The van der Waals surface area contributed by atoms with Crippen LogP contribution in [0.3, 0.4) is 0 Å². The van der Waals surface area contributed by atoms with Crippen molar-refractivity contribution in [3.63, 3.8) is 0 Å². The van der Waals surface area contributed by atoms with Gasteiger partial charge in [0.2, 0.25) is 5.95 Å². The number of fused-ring (bicyclic) bond motifs is 1. The molecular weight excluding hydrogens is 318 g/mol. The third-order valence-electron chi connectivity index (χ3n) is 3.23. The Hall–Kier alpha value is -3.00. The molecule has 4 aromatic rings. The van der Waals surface area contributed by atoms with E-state index in [1.807, 2.05) is 0 Å². The molecule has 114 valence electrons. The van der Waals surface area contributed by atoms with Crippen LogP contribution in [0.4, 0.5) is 5.95 Å². The predicted octanol–water partition coefficient (Wildman–Crippen LogP) is 2.16. The molecule has 0 bridgehead atoms. The number of hydrogen-bond acceptors (Lipinski definition) is 7. The lowest BCUT2D eigenvalue weighted by Crippen LogP contribution is -2.06. The average molecular weight is 328 g/mol. The minimum Gasteiger partial charge on any atom is -0.463 e. The molecule has 9 heteroatoms. The van der Waals surface area contributed by atoms with Gasteiger partial charge in [0.15, 0.2) is 16.9 Å². The first-order valence-electron chi connectivity index (χ1n) is 6.72. The van der Waals surface area contributed by atoms with Crippen molar-refractivity contribution in [2.24, 2.45) is 0 Å². The van der Waals surface area contributed by atoms with Crippen LogP contribution in [-0.4, -0.2) is 29.9 Å². The number of aromatic nitrogens is 6. The summed E-state index contributed by atoms with van der Waals surface area (Å²) in [6.07, 6.45) is 3.19. The number of rotatable bonds is 3. The van der Waals surface area contributed by atoms with Crippen LogP contribution < -0.4 is 5.73 Å².